The van der Waals surface area contributed by atoms with E-state index in [0.29, 0.717) is 17.9 Å². The van der Waals surface area contributed by atoms with Crippen LogP contribution in [0.25, 0.3) is 10.8 Å². The van der Waals surface area contributed by atoms with Gasteiger partial charge in [0.25, 0.3) is 0 Å². The first kappa shape index (κ1) is 19.5. The van der Waals surface area contributed by atoms with Crippen molar-refractivity contribution >= 4 is 16.7 Å². The minimum Gasteiger partial charge on any atom is -0.496 e. The van der Waals surface area contributed by atoms with Crippen molar-refractivity contribution in [3.05, 3.63) is 95.3 Å². The molecule has 5 nitrogen and oxygen atoms in total. The summed E-state index contributed by atoms with van der Waals surface area (Å²) in [7, 11) is 1.46. The minimum atomic E-state index is -1.02. The predicted octanol–water partition coefficient (Wildman–Crippen LogP) is 5.63. The number of carboxylic acids is 1. The maximum atomic E-state index is 11.3. The van der Waals surface area contributed by atoms with E-state index in [-0.39, 0.29) is 5.56 Å². The van der Waals surface area contributed by atoms with E-state index in [2.05, 4.69) is 30.1 Å². The maximum Gasteiger partial charge on any atom is 0.339 e. The zero-order valence-corrected chi connectivity index (χ0v) is 16.8. The lowest BCUT2D eigenvalue weighted by Crippen LogP contribution is -2.02. The van der Waals surface area contributed by atoms with Crippen LogP contribution in [0.15, 0.2) is 72.9 Å². The van der Waals surface area contributed by atoms with Crippen LogP contribution in [0.2, 0.25) is 0 Å². The smallest absolute Gasteiger partial charge is 0.339 e. The van der Waals surface area contributed by atoms with Gasteiger partial charge in [0.2, 0.25) is 0 Å². The Morgan fingerprint density at radius 1 is 0.967 bits per heavy atom. The molecule has 3 aromatic carbocycles. The minimum absolute atomic E-state index is 0.137. The topological polar surface area (TPSA) is 68.7 Å². The molecule has 4 aromatic rings. The predicted molar refractivity (Wildman–Crippen MR) is 116 cm³/mol. The van der Waals surface area contributed by atoms with Crippen LogP contribution < -0.4 is 9.47 Å². The molecule has 0 bridgehead atoms. The number of aromatic carboxylic acids is 1. The quantitative estimate of drug-likeness (QED) is 0.455. The summed E-state index contributed by atoms with van der Waals surface area (Å²) in [6.45, 7) is 2.08. The van der Waals surface area contributed by atoms with Crippen molar-refractivity contribution in [1.82, 2.24) is 4.98 Å². The molecular formula is C25H21NO4. The molecule has 0 aliphatic carbocycles. The van der Waals surface area contributed by atoms with E-state index in [0.717, 1.165) is 27.8 Å². The number of carbonyl (C=O) groups is 1. The molecule has 0 spiro atoms. The molecule has 5 heteroatoms. The van der Waals surface area contributed by atoms with Gasteiger partial charge >= 0.3 is 5.97 Å². The molecule has 30 heavy (non-hydrogen) atoms. The Kier molecular flexibility index (Phi) is 5.35. The lowest BCUT2D eigenvalue weighted by Gasteiger charge is -2.12. The second kappa shape index (κ2) is 8.25. The van der Waals surface area contributed by atoms with Crippen molar-refractivity contribution in [2.24, 2.45) is 0 Å². The maximum absolute atomic E-state index is 11.3. The number of hydrogen-bond acceptors (Lipinski definition) is 4. The third kappa shape index (κ3) is 3.96. The van der Waals surface area contributed by atoms with Crippen LogP contribution in [0.5, 0.6) is 17.2 Å². The summed E-state index contributed by atoms with van der Waals surface area (Å²) in [4.78, 5) is 15.7. The van der Waals surface area contributed by atoms with E-state index in [9.17, 15) is 9.90 Å². The van der Waals surface area contributed by atoms with Gasteiger partial charge in [0.05, 0.1) is 7.11 Å². The summed E-state index contributed by atoms with van der Waals surface area (Å²) in [5, 5.41) is 11.5. The zero-order chi connectivity index (χ0) is 21.1. The zero-order valence-electron chi connectivity index (χ0n) is 16.8. The average Bonchev–Trinajstić information content (AvgIpc) is 2.76. The van der Waals surface area contributed by atoms with E-state index in [1.165, 1.54) is 12.7 Å². The number of methoxy groups -OCH3 is 1. The number of carboxylic acid groups (broad SMARTS) is 1. The normalized spacial score (nSPS) is 10.7. The number of benzene rings is 3. The Labute approximate surface area is 174 Å². The first-order valence-electron chi connectivity index (χ1n) is 9.56. The number of nitrogens with zero attached hydrogens (tertiary/aromatic N) is 1. The fraction of sp³-hybridized carbons (Fsp3) is 0.120. The first-order chi connectivity index (χ1) is 14.5. The lowest BCUT2D eigenvalue weighted by atomic mass is 10.0. The number of rotatable bonds is 6. The van der Waals surface area contributed by atoms with Crippen LogP contribution in [0.1, 0.15) is 27.2 Å². The van der Waals surface area contributed by atoms with E-state index in [4.69, 9.17) is 9.47 Å². The van der Waals surface area contributed by atoms with Crippen LogP contribution in [0.3, 0.4) is 0 Å². The number of hydrogen-bond donors (Lipinski definition) is 1. The third-order valence-corrected chi connectivity index (χ3v) is 5.00. The summed E-state index contributed by atoms with van der Waals surface area (Å²) in [5.41, 5.74) is 3.06. The Morgan fingerprint density at radius 3 is 2.53 bits per heavy atom. The monoisotopic (exact) mass is 399 g/mol. The molecule has 0 saturated heterocycles. The summed E-state index contributed by atoms with van der Waals surface area (Å²) in [5.74, 6) is 0.805. The van der Waals surface area contributed by atoms with Gasteiger partial charge in [-0.3, -0.25) is 4.98 Å². The summed E-state index contributed by atoms with van der Waals surface area (Å²) >= 11 is 0. The van der Waals surface area contributed by atoms with Gasteiger partial charge in [0.15, 0.2) is 0 Å². The number of aromatic nitrogens is 1. The molecule has 0 aliphatic rings. The number of ether oxygens (including phenoxy) is 2. The molecule has 0 atom stereocenters. The molecular weight excluding hydrogens is 378 g/mol. The third-order valence-electron chi connectivity index (χ3n) is 5.00. The molecule has 1 aromatic heterocycles. The Hall–Kier alpha value is -3.86. The highest BCUT2D eigenvalue weighted by Crippen LogP contribution is 2.32. The molecule has 0 aliphatic heterocycles. The molecule has 0 amide bonds. The van der Waals surface area contributed by atoms with Gasteiger partial charge in [-0.05, 0) is 47.7 Å². The van der Waals surface area contributed by atoms with E-state index in [1.807, 2.05) is 30.3 Å². The fourth-order valence-corrected chi connectivity index (χ4v) is 3.49. The van der Waals surface area contributed by atoms with Gasteiger partial charge in [0.1, 0.15) is 22.8 Å². The molecule has 0 saturated carbocycles. The first-order valence-corrected chi connectivity index (χ1v) is 9.56. The molecule has 1 N–H and O–H groups in total. The van der Waals surface area contributed by atoms with Crippen LogP contribution in [0.4, 0.5) is 0 Å². The number of aryl methyl sites for hydroxylation is 1. The highest BCUT2D eigenvalue weighted by molar-refractivity contribution is 5.91. The molecule has 0 fully saturated rings. The number of pyridine rings is 1. The Balaban J connectivity index is 1.60. The van der Waals surface area contributed by atoms with Gasteiger partial charge < -0.3 is 14.6 Å². The second-order valence-electron chi connectivity index (χ2n) is 7.03. The van der Waals surface area contributed by atoms with Gasteiger partial charge in [-0.1, -0.05) is 36.4 Å². The van der Waals surface area contributed by atoms with E-state index < -0.39 is 5.97 Å². The molecule has 150 valence electrons. The van der Waals surface area contributed by atoms with E-state index >= 15 is 0 Å². The molecule has 1 heterocycles. The SMILES string of the molecule is COc1cc(Cc2cc(Oc3ccc(C)c4ccccc34)ccn2)ccc1C(=O)O. The molecule has 4 rings (SSSR count). The largest absolute Gasteiger partial charge is 0.496 e. The highest BCUT2D eigenvalue weighted by Gasteiger charge is 2.12. The average molecular weight is 399 g/mol. The Morgan fingerprint density at radius 2 is 1.77 bits per heavy atom. The molecule has 0 radical (unpaired) electrons. The summed E-state index contributed by atoms with van der Waals surface area (Å²) in [6, 6.07) is 21.0. The lowest BCUT2D eigenvalue weighted by molar-refractivity contribution is 0.0693. The number of fused-ring (bicyclic) bond motifs is 1. The van der Waals surface area contributed by atoms with Gasteiger partial charge in [-0.25, -0.2) is 4.79 Å². The molecule has 0 unspecified atom stereocenters. The Bertz CT molecular complexity index is 1230. The van der Waals surface area contributed by atoms with Gasteiger partial charge in [-0.2, -0.15) is 0 Å². The van der Waals surface area contributed by atoms with Crippen molar-refractivity contribution in [1.29, 1.82) is 0 Å². The van der Waals surface area contributed by atoms with Crippen LogP contribution in [0, 0.1) is 6.92 Å². The van der Waals surface area contributed by atoms with Crippen LogP contribution in [-0.4, -0.2) is 23.2 Å². The van der Waals surface area contributed by atoms with Crippen molar-refractivity contribution < 1.29 is 19.4 Å². The highest BCUT2D eigenvalue weighted by atomic mass is 16.5. The van der Waals surface area contributed by atoms with Crippen LogP contribution in [-0.2, 0) is 6.42 Å². The second-order valence-corrected chi connectivity index (χ2v) is 7.03. The van der Waals surface area contributed by atoms with Crippen molar-refractivity contribution in [3.8, 4) is 17.2 Å². The van der Waals surface area contributed by atoms with Crippen LogP contribution >= 0.6 is 0 Å². The summed E-state index contributed by atoms with van der Waals surface area (Å²) in [6.07, 6.45) is 2.24. The standard InChI is InChI=1S/C25H21NO4/c1-16-7-10-23(21-6-4-3-5-20(16)21)30-19-11-12-26-18(15-19)13-17-8-9-22(25(27)28)24(14-17)29-2/h3-12,14-15H,13H2,1-2H3,(H,27,28). The fourth-order valence-electron chi connectivity index (χ4n) is 3.49. The summed E-state index contributed by atoms with van der Waals surface area (Å²) < 4.78 is 11.4. The van der Waals surface area contributed by atoms with Crippen molar-refractivity contribution in [2.75, 3.05) is 7.11 Å². The van der Waals surface area contributed by atoms with Crippen molar-refractivity contribution in [3.63, 3.8) is 0 Å². The van der Waals surface area contributed by atoms with Gasteiger partial charge in [0, 0.05) is 29.8 Å². The van der Waals surface area contributed by atoms with Gasteiger partial charge in [-0.15, -0.1) is 0 Å². The van der Waals surface area contributed by atoms with E-state index in [1.54, 1.807) is 24.4 Å². The van der Waals surface area contributed by atoms with Crippen molar-refractivity contribution in [2.45, 2.75) is 13.3 Å².